The molecule has 1 aromatic carbocycles. The zero-order valence-corrected chi connectivity index (χ0v) is 16.1. The van der Waals surface area contributed by atoms with Crippen molar-refractivity contribution in [1.82, 2.24) is 20.4 Å². The standard InChI is InChI=1S/C21H28N4O2/c1-15-3-7-18(8-4-15)27-21(9-11-22-12-10-21)20(26)25(2)14-17-13-19(24-23-17)16-5-6-16/h3-4,7-8,13,16,22H,5-6,9-12,14H2,1-2H3,(H,23,24). The molecule has 0 unspecified atom stereocenters. The zero-order valence-electron chi connectivity index (χ0n) is 16.1. The van der Waals surface area contributed by atoms with Crippen LogP contribution in [0.2, 0.25) is 0 Å². The number of ether oxygens (including phenoxy) is 1. The molecule has 27 heavy (non-hydrogen) atoms. The van der Waals surface area contributed by atoms with Gasteiger partial charge < -0.3 is 15.0 Å². The molecular formula is C21H28N4O2. The number of nitrogens with one attached hydrogen (secondary N) is 2. The van der Waals surface area contributed by atoms with Crippen molar-refractivity contribution >= 4 is 5.91 Å². The van der Waals surface area contributed by atoms with E-state index in [0.29, 0.717) is 25.3 Å². The Morgan fingerprint density at radius 3 is 2.63 bits per heavy atom. The number of aryl methyl sites for hydroxylation is 1. The van der Waals surface area contributed by atoms with Crippen molar-refractivity contribution in [3.63, 3.8) is 0 Å². The van der Waals surface area contributed by atoms with Crippen LogP contribution in [0.15, 0.2) is 30.3 Å². The molecule has 4 rings (SSSR count). The highest BCUT2D eigenvalue weighted by Crippen LogP contribution is 2.39. The van der Waals surface area contributed by atoms with Gasteiger partial charge in [-0.15, -0.1) is 0 Å². The molecule has 0 spiro atoms. The van der Waals surface area contributed by atoms with E-state index in [2.05, 4.69) is 21.6 Å². The minimum atomic E-state index is -0.811. The number of carbonyl (C=O) groups excluding carboxylic acids is 1. The lowest BCUT2D eigenvalue weighted by molar-refractivity contribution is -0.150. The number of rotatable bonds is 6. The molecule has 2 fully saturated rings. The Hall–Kier alpha value is -2.34. The summed E-state index contributed by atoms with van der Waals surface area (Å²) < 4.78 is 6.31. The van der Waals surface area contributed by atoms with Crippen molar-refractivity contribution < 1.29 is 9.53 Å². The summed E-state index contributed by atoms with van der Waals surface area (Å²) in [4.78, 5) is 15.2. The van der Waals surface area contributed by atoms with Crippen molar-refractivity contribution in [3.05, 3.63) is 47.3 Å². The molecule has 2 heterocycles. The number of piperidine rings is 1. The van der Waals surface area contributed by atoms with E-state index in [9.17, 15) is 4.79 Å². The van der Waals surface area contributed by atoms with Crippen molar-refractivity contribution in [3.8, 4) is 5.75 Å². The van der Waals surface area contributed by atoms with Crippen molar-refractivity contribution in [2.75, 3.05) is 20.1 Å². The fraction of sp³-hybridized carbons (Fsp3) is 0.524. The first-order chi connectivity index (χ1) is 13.1. The highest BCUT2D eigenvalue weighted by Gasteiger charge is 2.44. The van der Waals surface area contributed by atoms with Gasteiger partial charge in [0.1, 0.15) is 5.75 Å². The second-order valence-electron chi connectivity index (χ2n) is 7.91. The second-order valence-corrected chi connectivity index (χ2v) is 7.91. The maximum Gasteiger partial charge on any atom is 0.266 e. The van der Waals surface area contributed by atoms with Crippen LogP contribution >= 0.6 is 0 Å². The molecule has 1 aliphatic heterocycles. The van der Waals surface area contributed by atoms with Gasteiger partial charge in [-0.2, -0.15) is 5.10 Å². The van der Waals surface area contributed by atoms with Crippen LogP contribution in [0.1, 0.15) is 48.6 Å². The Kier molecular flexibility index (Phi) is 4.91. The van der Waals surface area contributed by atoms with Gasteiger partial charge in [0.2, 0.25) is 0 Å². The summed E-state index contributed by atoms with van der Waals surface area (Å²) in [6, 6.07) is 10.0. The van der Waals surface area contributed by atoms with E-state index in [0.717, 1.165) is 30.2 Å². The fourth-order valence-corrected chi connectivity index (χ4v) is 3.75. The van der Waals surface area contributed by atoms with Gasteiger partial charge in [0.15, 0.2) is 5.60 Å². The molecular weight excluding hydrogens is 340 g/mol. The maximum absolute atomic E-state index is 13.4. The van der Waals surface area contributed by atoms with Crippen LogP contribution in [0.4, 0.5) is 0 Å². The highest BCUT2D eigenvalue weighted by atomic mass is 16.5. The lowest BCUT2D eigenvalue weighted by atomic mass is 9.90. The summed E-state index contributed by atoms with van der Waals surface area (Å²) in [7, 11) is 1.85. The molecule has 144 valence electrons. The second kappa shape index (κ2) is 7.35. The van der Waals surface area contributed by atoms with E-state index >= 15 is 0 Å². The van der Waals surface area contributed by atoms with Crippen LogP contribution in [-0.4, -0.2) is 46.7 Å². The number of benzene rings is 1. The molecule has 2 aromatic rings. The Bertz CT molecular complexity index is 789. The number of aromatic nitrogens is 2. The number of amides is 1. The van der Waals surface area contributed by atoms with Gasteiger partial charge in [-0.3, -0.25) is 9.89 Å². The molecule has 1 saturated carbocycles. The summed E-state index contributed by atoms with van der Waals surface area (Å²) >= 11 is 0. The van der Waals surface area contributed by atoms with E-state index in [4.69, 9.17) is 4.74 Å². The minimum Gasteiger partial charge on any atom is -0.477 e. The van der Waals surface area contributed by atoms with Gasteiger partial charge in [-0.1, -0.05) is 17.7 Å². The predicted octanol–water partition coefficient (Wildman–Crippen LogP) is 2.76. The van der Waals surface area contributed by atoms with E-state index in [1.165, 1.54) is 18.4 Å². The summed E-state index contributed by atoms with van der Waals surface area (Å²) in [5.74, 6) is 1.39. The number of likely N-dealkylation sites (N-methyl/N-ethyl adjacent to an activating group) is 1. The van der Waals surface area contributed by atoms with E-state index in [1.807, 2.05) is 38.2 Å². The van der Waals surface area contributed by atoms with Crippen LogP contribution in [0.25, 0.3) is 0 Å². The largest absolute Gasteiger partial charge is 0.477 e. The van der Waals surface area contributed by atoms with Gasteiger partial charge in [0.05, 0.1) is 17.9 Å². The van der Waals surface area contributed by atoms with Crippen molar-refractivity contribution in [1.29, 1.82) is 0 Å². The number of aromatic amines is 1. The maximum atomic E-state index is 13.4. The summed E-state index contributed by atoms with van der Waals surface area (Å²) in [5.41, 5.74) is 2.47. The van der Waals surface area contributed by atoms with E-state index < -0.39 is 5.60 Å². The summed E-state index contributed by atoms with van der Waals surface area (Å²) in [6.45, 7) is 4.12. The van der Waals surface area contributed by atoms with E-state index in [1.54, 1.807) is 4.90 Å². The highest BCUT2D eigenvalue weighted by molar-refractivity contribution is 5.85. The molecule has 2 N–H and O–H groups in total. The number of hydrogen-bond acceptors (Lipinski definition) is 4. The van der Waals surface area contributed by atoms with Crippen molar-refractivity contribution in [2.24, 2.45) is 0 Å². The number of nitrogens with zero attached hydrogens (tertiary/aromatic N) is 2. The Labute approximate surface area is 160 Å². The normalized spacial score (nSPS) is 18.9. The predicted molar refractivity (Wildman–Crippen MR) is 104 cm³/mol. The fourth-order valence-electron chi connectivity index (χ4n) is 3.75. The van der Waals surface area contributed by atoms with Crippen LogP contribution < -0.4 is 10.1 Å². The lowest BCUT2D eigenvalue weighted by Gasteiger charge is -2.39. The molecule has 1 aromatic heterocycles. The summed E-state index contributed by atoms with van der Waals surface area (Å²) in [6.07, 6.45) is 3.78. The summed E-state index contributed by atoms with van der Waals surface area (Å²) in [5, 5.41) is 10.8. The first-order valence-corrected chi connectivity index (χ1v) is 9.82. The quantitative estimate of drug-likeness (QED) is 0.823. The SMILES string of the molecule is Cc1ccc(OC2(C(=O)N(C)Cc3cc(C4CC4)n[nH]3)CCNCC2)cc1. The average molecular weight is 368 g/mol. The van der Waals surface area contributed by atoms with Gasteiger partial charge in [-0.25, -0.2) is 0 Å². The molecule has 0 bridgehead atoms. The van der Waals surface area contributed by atoms with Crippen LogP contribution in [0, 0.1) is 6.92 Å². The minimum absolute atomic E-state index is 0.0344. The third kappa shape index (κ3) is 4.00. The third-order valence-electron chi connectivity index (χ3n) is 5.54. The molecule has 1 amide bonds. The molecule has 1 saturated heterocycles. The monoisotopic (exact) mass is 368 g/mol. The average Bonchev–Trinajstić information content (AvgIpc) is 3.43. The first kappa shape index (κ1) is 18.0. The van der Waals surface area contributed by atoms with Crippen LogP contribution in [-0.2, 0) is 11.3 Å². The number of H-pyrrole nitrogens is 1. The van der Waals surface area contributed by atoms with Gasteiger partial charge in [0.25, 0.3) is 5.91 Å². The van der Waals surface area contributed by atoms with Gasteiger partial charge in [0, 0.05) is 25.8 Å². The first-order valence-electron chi connectivity index (χ1n) is 9.82. The molecule has 1 aliphatic carbocycles. The van der Waals surface area contributed by atoms with Crippen LogP contribution in [0.3, 0.4) is 0 Å². The van der Waals surface area contributed by atoms with Crippen LogP contribution in [0.5, 0.6) is 5.75 Å². The molecule has 6 heteroatoms. The third-order valence-corrected chi connectivity index (χ3v) is 5.54. The number of hydrogen-bond donors (Lipinski definition) is 2. The number of carbonyl (C=O) groups is 1. The Morgan fingerprint density at radius 1 is 1.26 bits per heavy atom. The smallest absolute Gasteiger partial charge is 0.266 e. The molecule has 0 radical (unpaired) electrons. The van der Waals surface area contributed by atoms with E-state index in [-0.39, 0.29) is 5.91 Å². The van der Waals surface area contributed by atoms with Gasteiger partial charge in [-0.05, 0) is 51.1 Å². The van der Waals surface area contributed by atoms with Crippen molar-refractivity contribution in [2.45, 2.75) is 50.7 Å². The zero-order chi connectivity index (χ0) is 18.9. The Balaban J connectivity index is 1.49. The molecule has 0 atom stereocenters. The lowest BCUT2D eigenvalue weighted by Crippen LogP contribution is -2.56. The molecule has 6 nitrogen and oxygen atoms in total. The Morgan fingerprint density at radius 2 is 1.96 bits per heavy atom. The topological polar surface area (TPSA) is 70.2 Å². The molecule has 2 aliphatic rings. The van der Waals surface area contributed by atoms with Gasteiger partial charge >= 0.3 is 0 Å².